The van der Waals surface area contributed by atoms with E-state index in [0.717, 1.165) is 53.7 Å². The van der Waals surface area contributed by atoms with Crippen molar-refractivity contribution >= 4 is 10.9 Å². The topological polar surface area (TPSA) is 92.8 Å². The van der Waals surface area contributed by atoms with Gasteiger partial charge in [-0.1, -0.05) is 32.8 Å². The Morgan fingerprint density at radius 3 is 2.79 bits per heavy atom. The van der Waals surface area contributed by atoms with Gasteiger partial charge in [0.2, 0.25) is 0 Å². The number of benzene rings is 1. The highest BCUT2D eigenvalue weighted by molar-refractivity contribution is 5.79. The average Bonchev–Trinajstić information content (AvgIpc) is 3.63. The summed E-state index contributed by atoms with van der Waals surface area (Å²) in [6.45, 7) is 5.37. The fraction of sp³-hybridized carbons (Fsp3) is 0.462. The van der Waals surface area contributed by atoms with Crippen LogP contribution >= 0.6 is 0 Å². The van der Waals surface area contributed by atoms with Gasteiger partial charge in [0.25, 0.3) is 5.56 Å². The van der Waals surface area contributed by atoms with Gasteiger partial charge in [-0.05, 0) is 77.4 Å². The van der Waals surface area contributed by atoms with Crippen LogP contribution in [0, 0.1) is 0 Å². The lowest BCUT2D eigenvalue weighted by Gasteiger charge is -2.35. The molecule has 1 aliphatic rings. The van der Waals surface area contributed by atoms with Gasteiger partial charge < -0.3 is 9.40 Å². The summed E-state index contributed by atoms with van der Waals surface area (Å²) in [5.74, 6) is 1.63. The van der Waals surface area contributed by atoms with E-state index in [1.807, 2.05) is 22.9 Å². The summed E-state index contributed by atoms with van der Waals surface area (Å²) in [7, 11) is 0. The molecule has 8 nitrogen and oxygen atoms in total. The van der Waals surface area contributed by atoms with Crippen molar-refractivity contribution in [3.05, 3.63) is 75.7 Å². The maximum atomic E-state index is 13.1. The summed E-state index contributed by atoms with van der Waals surface area (Å²) in [6, 6.07) is 12.5. The molecule has 0 amide bonds. The summed E-state index contributed by atoms with van der Waals surface area (Å²) in [5, 5.41) is 13.8. The summed E-state index contributed by atoms with van der Waals surface area (Å²) in [4.78, 5) is 18.6. The second-order valence-electron chi connectivity index (χ2n) is 9.21. The fourth-order valence-electron chi connectivity index (χ4n) is 5.24. The first-order valence-electron chi connectivity index (χ1n) is 12.3. The molecule has 178 valence electrons. The van der Waals surface area contributed by atoms with Gasteiger partial charge in [0.15, 0.2) is 5.82 Å². The Labute approximate surface area is 199 Å². The van der Waals surface area contributed by atoms with Crippen molar-refractivity contribution in [3.8, 4) is 0 Å². The lowest BCUT2D eigenvalue weighted by Crippen LogP contribution is -2.39. The quantitative estimate of drug-likeness (QED) is 0.392. The van der Waals surface area contributed by atoms with Gasteiger partial charge in [-0.15, -0.1) is 5.10 Å². The highest BCUT2D eigenvalue weighted by Gasteiger charge is 2.32. The molecule has 1 N–H and O–H groups in total. The molecule has 0 bridgehead atoms. The lowest BCUT2D eigenvalue weighted by atomic mass is 10.0. The maximum Gasteiger partial charge on any atom is 0.252 e. The fourth-order valence-corrected chi connectivity index (χ4v) is 5.24. The average molecular weight is 461 g/mol. The van der Waals surface area contributed by atoms with Crippen LogP contribution in [0.1, 0.15) is 74.7 Å². The number of pyridine rings is 1. The zero-order valence-electron chi connectivity index (χ0n) is 19.9. The van der Waals surface area contributed by atoms with Crippen molar-refractivity contribution in [1.29, 1.82) is 0 Å². The minimum Gasteiger partial charge on any atom is -0.467 e. The molecule has 3 aromatic heterocycles. The number of rotatable bonds is 9. The molecular formula is C26H32N6O2. The molecule has 0 unspecified atom stereocenters. The van der Waals surface area contributed by atoms with Gasteiger partial charge in [-0.25, -0.2) is 4.68 Å². The molecule has 34 heavy (non-hydrogen) atoms. The minimum absolute atomic E-state index is 0.00475. The van der Waals surface area contributed by atoms with Crippen LogP contribution in [0.15, 0.2) is 51.9 Å². The Kier molecular flexibility index (Phi) is 6.58. The van der Waals surface area contributed by atoms with E-state index < -0.39 is 0 Å². The molecular weight excluding hydrogens is 428 g/mol. The van der Waals surface area contributed by atoms with Crippen LogP contribution in [0.5, 0.6) is 0 Å². The van der Waals surface area contributed by atoms with Crippen LogP contribution < -0.4 is 5.56 Å². The summed E-state index contributed by atoms with van der Waals surface area (Å²) < 4.78 is 7.36. The Balaban J connectivity index is 1.50. The van der Waals surface area contributed by atoms with E-state index in [-0.39, 0.29) is 11.6 Å². The number of aromatic nitrogens is 5. The first-order chi connectivity index (χ1) is 16.7. The number of nitrogens with one attached hydrogen (secondary N) is 1. The molecule has 1 fully saturated rings. The molecule has 4 aromatic rings. The molecule has 0 radical (unpaired) electrons. The first kappa shape index (κ1) is 22.5. The van der Waals surface area contributed by atoms with E-state index >= 15 is 0 Å². The molecule has 3 heterocycles. The zero-order valence-corrected chi connectivity index (χ0v) is 19.9. The van der Waals surface area contributed by atoms with Crippen molar-refractivity contribution < 1.29 is 4.42 Å². The van der Waals surface area contributed by atoms with Crippen molar-refractivity contribution in [3.63, 3.8) is 0 Å². The maximum absolute atomic E-state index is 13.1. The van der Waals surface area contributed by atoms with Crippen LogP contribution in [0.4, 0.5) is 0 Å². The Morgan fingerprint density at radius 1 is 1.21 bits per heavy atom. The Bertz CT molecular complexity index is 1290. The predicted octanol–water partition coefficient (Wildman–Crippen LogP) is 4.61. The number of hydrogen-bond acceptors (Lipinski definition) is 6. The van der Waals surface area contributed by atoms with E-state index in [0.29, 0.717) is 19.1 Å². The highest BCUT2D eigenvalue weighted by atomic mass is 16.3. The van der Waals surface area contributed by atoms with Crippen LogP contribution in [0.25, 0.3) is 10.9 Å². The molecule has 1 aromatic carbocycles. The van der Waals surface area contributed by atoms with E-state index in [1.165, 1.54) is 18.4 Å². The van der Waals surface area contributed by atoms with Crippen LogP contribution in [0.3, 0.4) is 0 Å². The largest absolute Gasteiger partial charge is 0.467 e. The number of hydrogen-bond donors (Lipinski definition) is 1. The third kappa shape index (κ3) is 4.55. The van der Waals surface area contributed by atoms with Crippen LogP contribution in [-0.4, -0.2) is 36.1 Å². The highest BCUT2D eigenvalue weighted by Crippen LogP contribution is 2.33. The number of furan rings is 1. The smallest absolute Gasteiger partial charge is 0.252 e. The summed E-state index contributed by atoms with van der Waals surface area (Å²) in [6.07, 6.45) is 8.15. The van der Waals surface area contributed by atoms with Gasteiger partial charge in [0.1, 0.15) is 12.3 Å². The molecule has 1 saturated carbocycles. The Morgan fingerprint density at radius 2 is 2.06 bits per heavy atom. The van der Waals surface area contributed by atoms with E-state index in [9.17, 15) is 4.79 Å². The monoisotopic (exact) mass is 460 g/mol. The molecule has 1 aliphatic carbocycles. The normalized spacial score (nSPS) is 15.5. The van der Waals surface area contributed by atoms with E-state index in [1.54, 1.807) is 6.26 Å². The van der Waals surface area contributed by atoms with E-state index in [4.69, 9.17) is 4.42 Å². The van der Waals surface area contributed by atoms with Gasteiger partial charge >= 0.3 is 0 Å². The van der Waals surface area contributed by atoms with Crippen molar-refractivity contribution in [2.75, 3.05) is 0 Å². The molecule has 0 spiro atoms. The molecule has 0 saturated heterocycles. The SMILES string of the molecule is CCc1ccc2[nH]c(=O)c(CN(C3CCCC3)[C@@H](CC)c3nnnn3Cc3ccco3)cc2c1. The van der Waals surface area contributed by atoms with Crippen LogP contribution in [-0.2, 0) is 19.5 Å². The van der Waals surface area contributed by atoms with Gasteiger partial charge in [-0.2, -0.15) is 0 Å². The number of aryl methyl sites for hydroxylation is 1. The number of H-pyrrole nitrogens is 1. The number of fused-ring (bicyclic) bond motifs is 1. The third-order valence-electron chi connectivity index (χ3n) is 7.07. The molecule has 1 atom stereocenters. The number of nitrogens with zero attached hydrogens (tertiary/aromatic N) is 5. The van der Waals surface area contributed by atoms with Crippen molar-refractivity contribution in [2.45, 2.75) is 77.5 Å². The molecule has 8 heteroatoms. The predicted molar refractivity (Wildman–Crippen MR) is 130 cm³/mol. The minimum atomic E-state index is -0.0234. The standard InChI is InChI=1S/C26H32N6O2/c1-3-18-11-12-23-19(14-18)15-20(26(33)27-23)16-31(21-8-5-6-9-21)24(4-2)25-28-29-30-32(25)17-22-10-7-13-34-22/h7,10-15,21,24H,3-6,8-9,16-17H2,1-2H3,(H,27,33)/t24-/m0/s1. The summed E-state index contributed by atoms with van der Waals surface area (Å²) >= 11 is 0. The van der Waals surface area contributed by atoms with Crippen molar-refractivity contribution in [1.82, 2.24) is 30.1 Å². The second-order valence-corrected chi connectivity index (χ2v) is 9.21. The first-order valence-corrected chi connectivity index (χ1v) is 12.3. The van der Waals surface area contributed by atoms with Gasteiger partial charge in [0.05, 0.1) is 12.3 Å². The third-order valence-corrected chi connectivity index (χ3v) is 7.07. The van der Waals surface area contributed by atoms with E-state index in [2.05, 4.69) is 57.5 Å². The second kappa shape index (κ2) is 9.93. The zero-order chi connectivity index (χ0) is 23.5. The number of tetrazole rings is 1. The lowest BCUT2D eigenvalue weighted by molar-refractivity contribution is 0.112. The molecule has 0 aliphatic heterocycles. The van der Waals surface area contributed by atoms with Crippen molar-refractivity contribution in [2.24, 2.45) is 0 Å². The van der Waals surface area contributed by atoms with Gasteiger partial charge in [0, 0.05) is 23.7 Å². The molecule has 5 rings (SSSR count). The van der Waals surface area contributed by atoms with Crippen LogP contribution in [0.2, 0.25) is 0 Å². The number of aromatic amines is 1. The summed E-state index contributed by atoms with van der Waals surface area (Å²) in [5.41, 5.74) is 2.91. The Hall–Kier alpha value is -3.26. The van der Waals surface area contributed by atoms with Gasteiger partial charge in [-0.3, -0.25) is 9.69 Å².